The van der Waals surface area contributed by atoms with E-state index in [2.05, 4.69) is 21.2 Å². The van der Waals surface area contributed by atoms with Crippen LogP contribution in [0.4, 0.5) is 0 Å². The lowest BCUT2D eigenvalue weighted by molar-refractivity contribution is -0.145. The van der Waals surface area contributed by atoms with E-state index in [4.69, 9.17) is 4.74 Å². The van der Waals surface area contributed by atoms with E-state index >= 15 is 0 Å². The van der Waals surface area contributed by atoms with Crippen LogP contribution in [0.2, 0.25) is 0 Å². The van der Waals surface area contributed by atoms with Gasteiger partial charge in [-0.05, 0) is 52.2 Å². The quantitative estimate of drug-likeness (QED) is 0.332. The fraction of sp³-hybridized carbons (Fsp3) is 0.409. The van der Waals surface area contributed by atoms with Crippen molar-refractivity contribution in [2.24, 2.45) is 5.92 Å². The molecule has 11 heteroatoms. The molecule has 0 saturated carbocycles. The molecule has 0 fully saturated rings. The minimum atomic E-state index is -3.74. The number of ketones is 1. The number of hydrogen-bond donors (Lipinski definition) is 1. The highest BCUT2D eigenvalue weighted by Gasteiger charge is 2.28. The topological polar surface area (TPSA) is 110 Å². The molecular weight excluding hydrogens is 532 g/mol. The molecule has 0 aliphatic carbocycles. The molecule has 33 heavy (non-hydrogen) atoms. The number of esters is 1. The van der Waals surface area contributed by atoms with E-state index in [1.165, 1.54) is 39.9 Å². The standard InChI is InChI=1S/C22H27BrN2O6S2/c1-5-25(6-2)33(29,30)16-9-7-8-15(12-16)21(27)24-20(14(3)4)22(28)31-13-17(26)18-10-11-19(23)32-18/h7-12,14,20H,5-6,13H2,1-4H3,(H,24,27). The molecule has 0 radical (unpaired) electrons. The summed E-state index contributed by atoms with van der Waals surface area (Å²) in [7, 11) is -3.74. The van der Waals surface area contributed by atoms with E-state index in [0.717, 1.165) is 3.79 Å². The monoisotopic (exact) mass is 558 g/mol. The van der Waals surface area contributed by atoms with Gasteiger partial charge >= 0.3 is 5.97 Å². The maximum Gasteiger partial charge on any atom is 0.329 e. The lowest BCUT2D eigenvalue weighted by Gasteiger charge is -2.21. The summed E-state index contributed by atoms with van der Waals surface area (Å²) in [6.45, 7) is 7.09. The van der Waals surface area contributed by atoms with Gasteiger partial charge < -0.3 is 10.1 Å². The van der Waals surface area contributed by atoms with Crippen LogP contribution in [0.3, 0.4) is 0 Å². The van der Waals surface area contributed by atoms with Crippen LogP contribution in [0.5, 0.6) is 0 Å². The van der Waals surface area contributed by atoms with Crippen molar-refractivity contribution in [3.63, 3.8) is 0 Å². The van der Waals surface area contributed by atoms with Crippen LogP contribution in [0.25, 0.3) is 0 Å². The number of carbonyl (C=O) groups is 3. The van der Waals surface area contributed by atoms with Gasteiger partial charge in [-0.1, -0.05) is 33.8 Å². The summed E-state index contributed by atoms with van der Waals surface area (Å²) >= 11 is 4.51. The molecule has 1 heterocycles. The summed E-state index contributed by atoms with van der Waals surface area (Å²) in [5.41, 5.74) is 0.0983. The maximum atomic E-state index is 12.8. The largest absolute Gasteiger partial charge is 0.456 e. The number of benzene rings is 1. The lowest BCUT2D eigenvalue weighted by atomic mass is 10.0. The predicted molar refractivity (Wildman–Crippen MR) is 130 cm³/mol. The van der Waals surface area contributed by atoms with E-state index in [1.54, 1.807) is 39.8 Å². The first-order valence-corrected chi connectivity index (χ1v) is 13.4. The number of carbonyl (C=O) groups excluding carboxylic acids is 3. The molecule has 180 valence electrons. The molecule has 1 amide bonds. The van der Waals surface area contributed by atoms with E-state index in [1.807, 2.05) is 0 Å². The van der Waals surface area contributed by atoms with Crippen LogP contribution in [0.15, 0.2) is 45.1 Å². The second-order valence-electron chi connectivity index (χ2n) is 7.45. The third-order valence-corrected chi connectivity index (χ3v) is 8.55. The Hall–Kier alpha value is -2.08. The Morgan fingerprint density at radius 1 is 1.12 bits per heavy atom. The Kier molecular flexibility index (Phi) is 9.77. The average Bonchev–Trinajstić information content (AvgIpc) is 3.22. The molecule has 2 aromatic rings. The molecular formula is C22H27BrN2O6S2. The van der Waals surface area contributed by atoms with Crippen LogP contribution in [0.1, 0.15) is 47.7 Å². The molecule has 0 saturated heterocycles. The van der Waals surface area contributed by atoms with Crippen LogP contribution in [-0.4, -0.2) is 56.1 Å². The van der Waals surface area contributed by atoms with Gasteiger partial charge in [-0.25, -0.2) is 13.2 Å². The SMILES string of the molecule is CCN(CC)S(=O)(=O)c1cccc(C(=O)NC(C(=O)OCC(=O)c2ccc(Br)s2)C(C)C)c1. The number of Topliss-reactive ketones (excluding diaryl/α,β-unsaturated/α-hetero) is 1. The summed E-state index contributed by atoms with van der Waals surface area (Å²) in [5.74, 6) is -2.03. The van der Waals surface area contributed by atoms with Crippen molar-refractivity contribution < 1.29 is 27.5 Å². The van der Waals surface area contributed by atoms with Gasteiger partial charge in [0, 0.05) is 18.7 Å². The number of nitrogens with zero attached hydrogens (tertiary/aromatic N) is 1. The Balaban J connectivity index is 2.12. The summed E-state index contributed by atoms with van der Waals surface area (Å²) in [5, 5.41) is 2.60. The smallest absolute Gasteiger partial charge is 0.329 e. The van der Waals surface area contributed by atoms with Crippen LogP contribution in [-0.2, 0) is 19.6 Å². The molecule has 0 aliphatic rings. The van der Waals surface area contributed by atoms with Crippen molar-refractivity contribution >= 4 is 54.9 Å². The van der Waals surface area contributed by atoms with E-state index < -0.39 is 34.5 Å². The van der Waals surface area contributed by atoms with E-state index in [-0.39, 0.29) is 22.2 Å². The fourth-order valence-corrected chi connectivity index (χ4v) is 5.81. The summed E-state index contributed by atoms with van der Waals surface area (Å²) in [6.07, 6.45) is 0. The first-order chi connectivity index (χ1) is 15.5. The van der Waals surface area contributed by atoms with Gasteiger partial charge in [-0.15, -0.1) is 11.3 Å². The van der Waals surface area contributed by atoms with E-state index in [0.29, 0.717) is 18.0 Å². The van der Waals surface area contributed by atoms with Gasteiger partial charge in [0.15, 0.2) is 6.61 Å². The van der Waals surface area contributed by atoms with Gasteiger partial charge in [-0.2, -0.15) is 4.31 Å². The second-order valence-corrected chi connectivity index (χ2v) is 11.8. The highest BCUT2D eigenvalue weighted by Crippen LogP contribution is 2.22. The average molecular weight is 560 g/mol. The molecule has 0 spiro atoms. The zero-order valence-electron chi connectivity index (χ0n) is 18.8. The molecule has 8 nitrogen and oxygen atoms in total. The highest BCUT2D eigenvalue weighted by atomic mass is 79.9. The molecule has 0 bridgehead atoms. The van der Waals surface area contributed by atoms with Crippen molar-refractivity contribution in [1.82, 2.24) is 9.62 Å². The second kappa shape index (κ2) is 11.9. The Labute approximate surface area is 206 Å². The highest BCUT2D eigenvalue weighted by molar-refractivity contribution is 9.11. The number of sulfonamides is 1. The van der Waals surface area contributed by atoms with Gasteiger partial charge in [0.2, 0.25) is 15.8 Å². The minimum Gasteiger partial charge on any atom is -0.456 e. The van der Waals surface area contributed by atoms with Crippen molar-refractivity contribution in [3.8, 4) is 0 Å². The molecule has 1 atom stereocenters. The number of ether oxygens (including phenoxy) is 1. The van der Waals surface area contributed by atoms with Gasteiger partial charge in [0.1, 0.15) is 6.04 Å². The zero-order valence-corrected chi connectivity index (χ0v) is 22.1. The maximum absolute atomic E-state index is 12.8. The summed E-state index contributed by atoms with van der Waals surface area (Å²) in [6, 6.07) is 8.00. The number of thiophene rings is 1. The Morgan fingerprint density at radius 3 is 2.33 bits per heavy atom. The minimum absolute atomic E-state index is 0.00442. The number of halogens is 1. The zero-order chi connectivity index (χ0) is 24.8. The first-order valence-electron chi connectivity index (χ1n) is 10.4. The predicted octanol–water partition coefficient (Wildman–Crippen LogP) is 3.72. The van der Waals surface area contributed by atoms with Gasteiger partial charge in [0.25, 0.3) is 5.91 Å². The van der Waals surface area contributed by atoms with Crippen LogP contribution in [0, 0.1) is 5.92 Å². The molecule has 1 unspecified atom stereocenters. The molecule has 2 rings (SSSR count). The van der Waals surface area contributed by atoms with Crippen molar-refractivity contribution in [2.75, 3.05) is 19.7 Å². The third-order valence-electron chi connectivity index (χ3n) is 4.84. The van der Waals surface area contributed by atoms with Gasteiger partial charge in [-0.3, -0.25) is 9.59 Å². The first kappa shape index (κ1) is 27.2. The molecule has 1 N–H and O–H groups in total. The molecule has 1 aromatic heterocycles. The lowest BCUT2D eigenvalue weighted by Crippen LogP contribution is -2.45. The summed E-state index contributed by atoms with van der Waals surface area (Å²) < 4.78 is 32.8. The van der Waals surface area contributed by atoms with Crippen molar-refractivity contribution in [1.29, 1.82) is 0 Å². The normalized spacial score (nSPS) is 12.6. The van der Waals surface area contributed by atoms with Crippen LogP contribution >= 0.6 is 27.3 Å². The van der Waals surface area contributed by atoms with Crippen LogP contribution < -0.4 is 5.32 Å². The van der Waals surface area contributed by atoms with E-state index in [9.17, 15) is 22.8 Å². The Bertz CT molecular complexity index is 1110. The van der Waals surface area contributed by atoms with Crippen molar-refractivity contribution in [3.05, 3.63) is 50.6 Å². The molecule has 1 aromatic carbocycles. The van der Waals surface area contributed by atoms with Gasteiger partial charge in [0.05, 0.1) is 13.6 Å². The summed E-state index contributed by atoms with van der Waals surface area (Å²) in [4.78, 5) is 38.0. The Morgan fingerprint density at radius 2 is 1.79 bits per heavy atom. The molecule has 0 aliphatic heterocycles. The number of rotatable bonds is 11. The number of hydrogen-bond acceptors (Lipinski definition) is 7. The fourth-order valence-electron chi connectivity index (χ4n) is 2.99. The number of nitrogens with one attached hydrogen (secondary N) is 1. The van der Waals surface area contributed by atoms with Crippen molar-refractivity contribution in [2.45, 2.75) is 38.6 Å². The number of amides is 1. The third kappa shape index (κ3) is 6.95.